The third-order valence-electron chi connectivity index (χ3n) is 4.77. The van der Waals surface area contributed by atoms with Crippen LogP contribution in [-0.4, -0.2) is 42.0 Å². The maximum absolute atomic E-state index is 13.1. The van der Waals surface area contributed by atoms with Gasteiger partial charge in [-0.2, -0.15) is 13.2 Å². The molecule has 2 rings (SSSR count). The van der Waals surface area contributed by atoms with Crippen molar-refractivity contribution in [2.45, 2.75) is 39.8 Å². The molecule has 0 aliphatic carbocycles. The minimum Gasteiger partial charge on any atom is -0.394 e. The number of benzene rings is 1. The Bertz CT molecular complexity index is 1020. The van der Waals surface area contributed by atoms with Gasteiger partial charge in [0.2, 0.25) is 0 Å². The average Bonchev–Trinajstić information content (AvgIpc) is 2.71. The van der Waals surface area contributed by atoms with E-state index in [1.54, 1.807) is 20.0 Å². The number of nitrogens with zero attached hydrogens (tertiary/aromatic N) is 2. The van der Waals surface area contributed by atoms with Crippen LogP contribution in [0.1, 0.15) is 48.9 Å². The molecule has 0 aliphatic heterocycles. The number of hydrazine groups is 1. The number of carbonyl (C=O) groups excluding carboxylic acids is 1. The number of aryl methyl sites for hydroxylation is 1. The lowest BCUT2D eigenvalue weighted by molar-refractivity contribution is -0.137. The van der Waals surface area contributed by atoms with E-state index in [-0.39, 0.29) is 24.8 Å². The summed E-state index contributed by atoms with van der Waals surface area (Å²) in [5.41, 5.74) is 3.75. The summed E-state index contributed by atoms with van der Waals surface area (Å²) in [5.74, 6) is 0.770. The maximum atomic E-state index is 13.1. The molecule has 1 heterocycles. The molecule has 33 heavy (non-hydrogen) atoms. The van der Waals surface area contributed by atoms with E-state index in [4.69, 9.17) is 5.41 Å². The smallest absolute Gasteiger partial charge is 0.394 e. The Kier molecular flexibility index (Phi) is 8.26. The van der Waals surface area contributed by atoms with Crippen molar-refractivity contribution in [3.63, 3.8) is 0 Å². The van der Waals surface area contributed by atoms with Gasteiger partial charge in [-0.1, -0.05) is 13.8 Å². The Labute approximate surface area is 190 Å². The number of urea groups is 1. The van der Waals surface area contributed by atoms with Crippen LogP contribution in [0.5, 0.6) is 0 Å². The summed E-state index contributed by atoms with van der Waals surface area (Å²) < 4.78 is 39.3. The first-order valence-corrected chi connectivity index (χ1v) is 10.3. The molecular formula is C22H29F3N6O2. The molecule has 2 aromatic rings. The zero-order valence-electron chi connectivity index (χ0n) is 19.2. The minimum atomic E-state index is -4.54. The summed E-state index contributed by atoms with van der Waals surface area (Å²) >= 11 is 0. The molecule has 180 valence electrons. The number of anilines is 3. The van der Waals surface area contributed by atoms with Crippen LogP contribution in [0.15, 0.2) is 24.3 Å². The predicted molar refractivity (Wildman–Crippen MR) is 123 cm³/mol. The van der Waals surface area contributed by atoms with Crippen LogP contribution in [0.2, 0.25) is 0 Å². The van der Waals surface area contributed by atoms with E-state index in [1.807, 2.05) is 13.8 Å². The standard InChI is InChI=1S/C22H29F3N6O2/c1-12(2)17-11-18(29-20(27-5)19(17)14(4)26)31(6-7-32)30-21(33)28-16-9-13(3)8-15(10-16)22(23,24)25/h8-12,26,32H,6-7H2,1-5H3,(H,27,29)(H2,28,30,33). The number of alkyl halides is 3. The highest BCUT2D eigenvalue weighted by molar-refractivity contribution is 6.02. The van der Waals surface area contributed by atoms with Crippen molar-refractivity contribution >= 4 is 29.1 Å². The van der Waals surface area contributed by atoms with Crippen LogP contribution in [0.3, 0.4) is 0 Å². The molecular weight excluding hydrogens is 437 g/mol. The number of aliphatic hydroxyl groups excluding tert-OH is 1. The van der Waals surface area contributed by atoms with Crippen LogP contribution in [0.25, 0.3) is 0 Å². The van der Waals surface area contributed by atoms with Crippen molar-refractivity contribution in [2.24, 2.45) is 0 Å². The molecule has 0 spiro atoms. The van der Waals surface area contributed by atoms with Gasteiger partial charge in [0.25, 0.3) is 0 Å². The highest BCUT2D eigenvalue weighted by Gasteiger charge is 2.31. The predicted octanol–water partition coefficient (Wildman–Crippen LogP) is 4.50. The molecule has 0 aliphatic rings. The monoisotopic (exact) mass is 466 g/mol. The Hall–Kier alpha value is -3.34. The average molecular weight is 467 g/mol. The molecule has 8 nitrogen and oxygen atoms in total. The number of aromatic nitrogens is 1. The lowest BCUT2D eigenvalue weighted by Crippen LogP contribution is -2.46. The van der Waals surface area contributed by atoms with Gasteiger partial charge in [-0.3, -0.25) is 5.01 Å². The number of amides is 2. The first kappa shape index (κ1) is 25.9. The number of pyridine rings is 1. The van der Waals surface area contributed by atoms with Gasteiger partial charge in [-0.15, -0.1) is 0 Å². The van der Waals surface area contributed by atoms with Crippen molar-refractivity contribution < 1.29 is 23.1 Å². The first-order valence-electron chi connectivity index (χ1n) is 10.3. The third-order valence-corrected chi connectivity index (χ3v) is 4.77. The fourth-order valence-corrected chi connectivity index (χ4v) is 3.35. The summed E-state index contributed by atoms with van der Waals surface area (Å²) in [7, 11) is 1.66. The molecule has 0 saturated heterocycles. The van der Waals surface area contributed by atoms with E-state index in [2.05, 4.69) is 21.0 Å². The van der Waals surface area contributed by atoms with Gasteiger partial charge < -0.3 is 21.1 Å². The fraction of sp³-hybridized carbons (Fsp3) is 0.409. The van der Waals surface area contributed by atoms with Crippen molar-refractivity contribution in [1.29, 1.82) is 5.41 Å². The van der Waals surface area contributed by atoms with Crippen molar-refractivity contribution in [1.82, 2.24) is 10.4 Å². The highest BCUT2D eigenvalue weighted by atomic mass is 19.4. The SMILES string of the molecule is CNc1nc(N(CCO)NC(=O)Nc2cc(C)cc(C(F)(F)F)c2)cc(C(C)C)c1C(C)=N. The topological polar surface area (TPSA) is 113 Å². The summed E-state index contributed by atoms with van der Waals surface area (Å²) in [5, 5.41) is 24.2. The molecule has 0 atom stereocenters. The lowest BCUT2D eigenvalue weighted by Gasteiger charge is -2.26. The summed E-state index contributed by atoms with van der Waals surface area (Å²) in [4.78, 5) is 17.1. The van der Waals surface area contributed by atoms with Gasteiger partial charge in [0.15, 0.2) is 0 Å². The second-order valence-electron chi connectivity index (χ2n) is 7.85. The number of carbonyl (C=O) groups is 1. The Morgan fingerprint density at radius 2 is 1.91 bits per heavy atom. The molecule has 0 radical (unpaired) electrons. The molecule has 0 fully saturated rings. The van der Waals surface area contributed by atoms with Gasteiger partial charge in [0.05, 0.1) is 18.7 Å². The van der Waals surface area contributed by atoms with Gasteiger partial charge in [0, 0.05) is 24.0 Å². The number of nitrogens with one attached hydrogen (secondary N) is 4. The summed E-state index contributed by atoms with van der Waals surface area (Å²) in [6.45, 7) is 6.72. The second kappa shape index (κ2) is 10.5. The second-order valence-corrected chi connectivity index (χ2v) is 7.85. The van der Waals surface area contributed by atoms with E-state index >= 15 is 0 Å². The van der Waals surface area contributed by atoms with Crippen LogP contribution < -0.4 is 21.1 Å². The normalized spacial score (nSPS) is 11.3. The summed E-state index contributed by atoms with van der Waals surface area (Å²) in [6.07, 6.45) is -4.54. The highest BCUT2D eigenvalue weighted by Crippen LogP contribution is 2.32. The van der Waals surface area contributed by atoms with Crippen LogP contribution in [0, 0.1) is 12.3 Å². The van der Waals surface area contributed by atoms with Gasteiger partial charge in [-0.05, 0) is 55.2 Å². The number of hydrogen-bond donors (Lipinski definition) is 5. The van der Waals surface area contributed by atoms with E-state index in [1.165, 1.54) is 18.0 Å². The Morgan fingerprint density at radius 3 is 2.42 bits per heavy atom. The number of hydrogen-bond acceptors (Lipinski definition) is 6. The fourth-order valence-electron chi connectivity index (χ4n) is 3.35. The van der Waals surface area contributed by atoms with E-state index in [0.717, 1.165) is 17.7 Å². The van der Waals surface area contributed by atoms with Crippen LogP contribution >= 0.6 is 0 Å². The number of aliphatic hydroxyl groups is 1. The minimum absolute atomic E-state index is 0.0222. The van der Waals surface area contributed by atoms with Crippen LogP contribution in [0.4, 0.5) is 35.3 Å². The van der Waals surface area contributed by atoms with Gasteiger partial charge in [-0.25, -0.2) is 15.2 Å². The summed E-state index contributed by atoms with van der Waals surface area (Å²) in [6, 6.07) is 4.17. The quantitative estimate of drug-likeness (QED) is 0.290. The molecule has 2 amide bonds. The van der Waals surface area contributed by atoms with Crippen molar-refractivity contribution in [3.05, 3.63) is 46.5 Å². The van der Waals surface area contributed by atoms with E-state index < -0.39 is 17.8 Å². The van der Waals surface area contributed by atoms with Gasteiger partial charge >= 0.3 is 12.2 Å². The number of rotatable bonds is 8. The Balaban J connectivity index is 2.37. The molecule has 0 saturated carbocycles. The number of halogens is 3. The molecule has 0 unspecified atom stereocenters. The molecule has 0 bridgehead atoms. The van der Waals surface area contributed by atoms with Crippen molar-refractivity contribution in [2.75, 3.05) is 35.8 Å². The van der Waals surface area contributed by atoms with Gasteiger partial charge in [0.1, 0.15) is 11.6 Å². The van der Waals surface area contributed by atoms with Crippen LogP contribution in [-0.2, 0) is 6.18 Å². The first-order chi connectivity index (χ1) is 15.4. The Morgan fingerprint density at radius 1 is 1.24 bits per heavy atom. The van der Waals surface area contributed by atoms with Crippen molar-refractivity contribution in [3.8, 4) is 0 Å². The van der Waals surface area contributed by atoms with E-state index in [9.17, 15) is 23.1 Å². The zero-order valence-corrected chi connectivity index (χ0v) is 19.2. The molecule has 5 N–H and O–H groups in total. The molecule has 11 heteroatoms. The lowest BCUT2D eigenvalue weighted by atomic mass is 9.95. The largest absolute Gasteiger partial charge is 0.416 e. The van der Waals surface area contributed by atoms with E-state index in [0.29, 0.717) is 28.5 Å². The molecule has 1 aromatic heterocycles. The maximum Gasteiger partial charge on any atom is 0.416 e. The molecule has 1 aromatic carbocycles. The third kappa shape index (κ3) is 6.58. The zero-order chi connectivity index (χ0) is 24.9.